The lowest BCUT2D eigenvalue weighted by Crippen LogP contribution is -2.35. The quantitative estimate of drug-likeness (QED) is 0.531. The molecule has 0 saturated carbocycles. The first-order valence-electron chi connectivity index (χ1n) is 5.67. The van der Waals surface area contributed by atoms with Gasteiger partial charge in [0.25, 0.3) is 0 Å². The summed E-state index contributed by atoms with van der Waals surface area (Å²) in [7, 11) is 0. The van der Waals surface area contributed by atoms with E-state index >= 15 is 0 Å². The third-order valence-electron chi connectivity index (χ3n) is 2.87. The molecule has 1 aromatic rings. The standard InChI is InChI=1S/C11H12ClNO7/c12-5-2-1-3-6(8(5)13(17)18)19-11-10(16)9(15)7(4-14)20-11/h1-3,7,9-11,14-16H,4H2/t7-,9+,10-,11-/m1/s1. The van der Waals surface area contributed by atoms with Gasteiger partial charge in [0.1, 0.15) is 23.3 Å². The lowest BCUT2D eigenvalue weighted by Gasteiger charge is -2.16. The number of aliphatic hydroxyl groups is 3. The molecule has 20 heavy (non-hydrogen) atoms. The molecule has 0 aromatic heterocycles. The molecule has 0 amide bonds. The predicted octanol–water partition coefficient (Wildman–Crippen LogP) is 0.0660. The summed E-state index contributed by atoms with van der Waals surface area (Å²) in [6.07, 6.45) is -5.14. The van der Waals surface area contributed by atoms with E-state index in [1.807, 2.05) is 0 Å². The molecule has 110 valence electrons. The third-order valence-corrected chi connectivity index (χ3v) is 3.18. The molecule has 4 atom stereocenters. The average molecular weight is 306 g/mol. The second-order valence-electron chi connectivity index (χ2n) is 4.17. The molecule has 9 heteroatoms. The van der Waals surface area contributed by atoms with Crippen molar-refractivity contribution in [3.05, 3.63) is 33.3 Å². The van der Waals surface area contributed by atoms with E-state index in [9.17, 15) is 20.3 Å². The van der Waals surface area contributed by atoms with E-state index in [1.165, 1.54) is 18.2 Å². The van der Waals surface area contributed by atoms with Crippen molar-refractivity contribution < 1.29 is 29.7 Å². The fourth-order valence-corrected chi connectivity index (χ4v) is 2.09. The smallest absolute Gasteiger partial charge is 0.329 e. The molecular formula is C11H12ClNO7. The van der Waals surface area contributed by atoms with Gasteiger partial charge < -0.3 is 24.8 Å². The number of hydrogen-bond acceptors (Lipinski definition) is 7. The average Bonchev–Trinajstić information content (AvgIpc) is 2.66. The van der Waals surface area contributed by atoms with E-state index in [4.69, 9.17) is 26.2 Å². The minimum absolute atomic E-state index is 0.126. The number of halogens is 1. The minimum Gasteiger partial charge on any atom is -0.455 e. The molecular weight excluding hydrogens is 294 g/mol. The number of benzene rings is 1. The Labute approximate surface area is 118 Å². The number of aliphatic hydroxyl groups excluding tert-OH is 3. The van der Waals surface area contributed by atoms with Gasteiger partial charge in [-0.15, -0.1) is 0 Å². The van der Waals surface area contributed by atoms with Crippen LogP contribution in [-0.2, 0) is 4.74 Å². The van der Waals surface area contributed by atoms with Crippen molar-refractivity contribution in [3.63, 3.8) is 0 Å². The summed E-state index contributed by atoms with van der Waals surface area (Å²) >= 11 is 5.72. The van der Waals surface area contributed by atoms with Gasteiger partial charge in [-0.1, -0.05) is 17.7 Å². The Balaban J connectivity index is 2.23. The van der Waals surface area contributed by atoms with Crippen LogP contribution < -0.4 is 4.74 Å². The van der Waals surface area contributed by atoms with Gasteiger partial charge in [0, 0.05) is 0 Å². The summed E-state index contributed by atoms with van der Waals surface area (Å²) in [5.74, 6) is -0.197. The number of ether oxygens (including phenoxy) is 2. The lowest BCUT2D eigenvalue weighted by atomic mass is 10.1. The predicted molar refractivity (Wildman–Crippen MR) is 66.5 cm³/mol. The summed E-state index contributed by atoms with van der Waals surface area (Å²) in [5.41, 5.74) is -0.466. The molecule has 0 unspecified atom stereocenters. The molecule has 1 saturated heterocycles. The number of para-hydroxylation sites is 1. The first kappa shape index (κ1) is 14.9. The molecule has 1 heterocycles. The number of nitro benzene ring substituents is 1. The highest BCUT2D eigenvalue weighted by Gasteiger charge is 2.44. The number of nitro groups is 1. The maximum absolute atomic E-state index is 10.9. The van der Waals surface area contributed by atoms with Crippen LogP contribution in [0.1, 0.15) is 0 Å². The molecule has 3 N–H and O–H groups in total. The summed E-state index contributed by atoms with van der Waals surface area (Å²) in [6.45, 7) is -0.518. The highest BCUT2D eigenvalue weighted by molar-refractivity contribution is 6.32. The Morgan fingerprint density at radius 2 is 2.10 bits per heavy atom. The van der Waals surface area contributed by atoms with Crippen molar-refractivity contribution in [1.82, 2.24) is 0 Å². The Hall–Kier alpha value is -1.45. The fraction of sp³-hybridized carbons (Fsp3) is 0.455. The van der Waals surface area contributed by atoms with Gasteiger partial charge in [0.15, 0.2) is 0 Å². The molecule has 0 bridgehead atoms. The zero-order valence-electron chi connectivity index (χ0n) is 10.0. The van der Waals surface area contributed by atoms with E-state index in [1.54, 1.807) is 0 Å². The van der Waals surface area contributed by atoms with Crippen LogP contribution in [0.4, 0.5) is 5.69 Å². The molecule has 8 nitrogen and oxygen atoms in total. The monoisotopic (exact) mass is 305 g/mol. The maximum Gasteiger partial charge on any atom is 0.329 e. The van der Waals surface area contributed by atoms with Crippen molar-refractivity contribution in [1.29, 1.82) is 0 Å². The van der Waals surface area contributed by atoms with Gasteiger partial charge in [0.2, 0.25) is 12.0 Å². The summed E-state index contributed by atoms with van der Waals surface area (Å²) < 4.78 is 10.3. The summed E-state index contributed by atoms with van der Waals surface area (Å²) in [4.78, 5) is 10.2. The fourth-order valence-electron chi connectivity index (χ4n) is 1.86. The van der Waals surface area contributed by atoms with E-state index < -0.39 is 41.8 Å². The van der Waals surface area contributed by atoms with Crippen molar-refractivity contribution in [3.8, 4) is 5.75 Å². The normalized spacial score (nSPS) is 29.4. The van der Waals surface area contributed by atoms with Crippen LogP contribution in [0.2, 0.25) is 5.02 Å². The Kier molecular flexibility index (Phi) is 4.41. The number of nitrogens with zero attached hydrogens (tertiary/aromatic N) is 1. The van der Waals surface area contributed by atoms with E-state index in [-0.39, 0.29) is 10.8 Å². The van der Waals surface area contributed by atoms with E-state index in [0.29, 0.717) is 0 Å². The Morgan fingerprint density at radius 3 is 2.65 bits per heavy atom. The van der Waals surface area contributed by atoms with E-state index in [0.717, 1.165) is 0 Å². The first-order chi connectivity index (χ1) is 9.45. The second kappa shape index (κ2) is 5.90. The molecule has 0 aliphatic carbocycles. The van der Waals surface area contributed by atoms with Gasteiger partial charge in [-0.25, -0.2) is 0 Å². The van der Waals surface area contributed by atoms with Crippen molar-refractivity contribution >= 4 is 17.3 Å². The van der Waals surface area contributed by atoms with Crippen LogP contribution >= 0.6 is 11.6 Å². The molecule has 1 aliphatic rings. The summed E-state index contributed by atoms with van der Waals surface area (Å²) in [6, 6.07) is 4.05. The SMILES string of the molecule is O=[N+]([O-])c1c(Cl)cccc1O[C@@H]1O[C@H](CO)[C@H](O)[C@H]1O. The zero-order chi connectivity index (χ0) is 14.9. The largest absolute Gasteiger partial charge is 0.455 e. The van der Waals surface area contributed by atoms with Crippen LogP contribution in [0.25, 0.3) is 0 Å². The van der Waals surface area contributed by atoms with Crippen molar-refractivity contribution in [2.75, 3.05) is 6.61 Å². The second-order valence-corrected chi connectivity index (χ2v) is 4.58. The molecule has 1 fully saturated rings. The topological polar surface area (TPSA) is 122 Å². The number of hydrogen-bond donors (Lipinski definition) is 3. The third kappa shape index (κ3) is 2.69. The van der Waals surface area contributed by atoms with Crippen LogP contribution in [0, 0.1) is 10.1 Å². The minimum atomic E-state index is -1.44. The maximum atomic E-state index is 10.9. The van der Waals surface area contributed by atoms with Crippen LogP contribution in [0.5, 0.6) is 5.75 Å². The molecule has 1 aromatic carbocycles. The van der Waals surface area contributed by atoms with E-state index in [2.05, 4.69) is 0 Å². The van der Waals surface area contributed by atoms with Gasteiger partial charge in [-0.3, -0.25) is 10.1 Å². The van der Waals surface area contributed by atoms with Crippen LogP contribution in [-0.4, -0.2) is 51.5 Å². The number of rotatable bonds is 4. The molecule has 0 radical (unpaired) electrons. The van der Waals surface area contributed by atoms with Gasteiger partial charge in [-0.2, -0.15) is 0 Å². The molecule has 0 spiro atoms. The van der Waals surface area contributed by atoms with Crippen molar-refractivity contribution in [2.24, 2.45) is 0 Å². The molecule has 1 aliphatic heterocycles. The molecule has 2 rings (SSSR count). The first-order valence-corrected chi connectivity index (χ1v) is 6.05. The van der Waals surface area contributed by atoms with Gasteiger partial charge in [-0.05, 0) is 12.1 Å². The van der Waals surface area contributed by atoms with Gasteiger partial charge >= 0.3 is 5.69 Å². The Morgan fingerprint density at radius 1 is 1.40 bits per heavy atom. The van der Waals surface area contributed by atoms with Crippen LogP contribution in [0.3, 0.4) is 0 Å². The summed E-state index contributed by atoms with van der Waals surface area (Å²) in [5, 5.41) is 39.0. The zero-order valence-corrected chi connectivity index (χ0v) is 10.8. The van der Waals surface area contributed by atoms with Crippen LogP contribution in [0.15, 0.2) is 18.2 Å². The highest BCUT2D eigenvalue weighted by Crippen LogP contribution is 2.36. The van der Waals surface area contributed by atoms with Gasteiger partial charge in [0.05, 0.1) is 11.5 Å². The highest BCUT2D eigenvalue weighted by atomic mass is 35.5. The lowest BCUT2D eigenvalue weighted by molar-refractivity contribution is -0.386. The van der Waals surface area contributed by atoms with Crippen molar-refractivity contribution in [2.45, 2.75) is 24.6 Å². The Bertz CT molecular complexity index is 512.